The number of rotatable bonds is 8. The summed E-state index contributed by atoms with van der Waals surface area (Å²) in [5.74, 6) is -0.889. The smallest absolute Gasteiger partial charge is 0.305 e. The quantitative estimate of drug-likeness (QED) is 0.114. The molecule has 282 valence electrons. The van der Waals surface area contributed by atoms with Crippen LogP contribution in [-0.4, -0.2) is 47.8 Å². The van der Waals surface area contributed by atoms with Crippen LogP contribution in [0.5, 0.6) is 11.8 Å². The van der Waals surface area contributed by atoms with Gasteiger partial charge in [0.05, 0.1) is 47.7 Å². The van der Waals surface area contributed by atoms with E-state index in [2.05, 4.69) is 88.8 Å². The third-order valence-corrected chi connectivity index (χ3v) is 11.6. The second-order valence-corrected chi connectivity index (χ2v) is 15.1. The minimum atomic E-state index is -0.311. The van der Waals surface area contributed by atoms with Crippen LogP contribution in [0, 0.1) is 34.6 Å². The zero-order valence-electron chi connectivity index (χ0n) is 33.0. The van der Waals surface area contributed by atoms with Crippen LogP contribution in [0.1, 0.15) is 107 Å². The number of H-pyrrole nitrogens is 2. The van der Waals surface area contributed by atoms with E-state index in [1.807, 2.05) is 13.0 Å². The first-order valence-electron chi connectivity index (χ1n) is 18.8. The Morgan fingerprint density at radius 1 is 0.889 bits per heavy atom. The maximum Gasteiger partial charge on any atom is 0.305 e. The SMILES string of the molecule is CCc1c(C)c2cc3[nH]c(cc4nc(c5c6nc(cc1[nH]2)c(C)c-6c(O)n(C)c5O)[C@@H](CCC(=O)OC)[C@@H]4C)c(C)c3C(C)OCc1cc(C)cc(C)c1. The van der Waals surface area contributed by atoms with Crippen LogP contribution in [-0.2, 0) is 34.3 Å². The number of carbonyl (C=O) groups is 1. The highest BCUT2D eigenvalue weighted by Crippen LogP contribution is 2.49. The van der Waals surface area contributed by atoms with Crippen LogP contribution < -0.4 is 0 Å². The molecular weight excluding hydrogens is 679 g/mol. The first-order valence-corrected chi connectivity index (χ1v) is 18.8. The van der Waals surface area contributed by atoms with Crippen molar-refractivity contribution in [3.63, 3.8) is 0 Å². The Bertz CT molecular complexity index is 2520. The van der Waals surface area contributed by atoms with Gasteiger partial charge in [-0.25, -0.2) is 4.98 Å². The fourth-order valence-electron chi connectivity index (χ4n) is 8.60. The first kappa shape index (κ1) is 37.0. The molecule has 0 spiro atoms. The van der Waals surface area contributed by atoms with Crippen molar-refractivity contribution in [3.05, 3.63) is 92.3 Å². The molecule has 10 heteroatoms. The molecular formula is C44H51N5O5. The van der Waals surface area contributed by atoms with Crippen molar-refractivity contribution in [2.75, 3.05) is 7.11 Å². The van der Waals surface area contributed by atoms with Gasteiger partial charge in [-0.05, 0) is 100 Å². The highest BCUT2D eigenvalue weighted by molar-refractivity contribution is 5.96. The highest BCUT2D eigenvalue weighted by Gasteiger charge is 2.35. The van der Waals surface area contributed by atoms with E-state index in [0.717, 1.165) is 62.0 Å². The highest BCUT2D eigenvalue weighted by atomic mass is 16.5. The van der Waals surface area contributed by atoms with E-state index in [1.165, 1.54) is 28.4 Å². The Kier molecular flexibility index (Phi) is 9.68. The van der Waals surface area contributed by atoms with E-state index < -0.39 is 0 Å². The largest absolute Gasteiger partial charge is 0.494 e. The third kappa shape index (κ3) is 6.26. The van der Waals surface area contributed by atoms with Crippen molar-refractivity contribution in [1.29, 1.82) is 0 Å². The number of fused-ring (bicyclic) bond motifs is 8. The molecule has 0 fully saturated rings. The van der Waals surface area contributed by atoms with Gasteiger partial charge in [0.15, 0.2) is 0 Å². The number of hydrogen-bond donors (Lipinski definition) is 4. The summed E-state index contributed by atoms with van der Waals surface area (Å²) in [5.41, 5.74) is 15.7. The van der Waals surface area contributed by atoms with E-state index in [0.29, 0.717) is 40.9 Å². The van der Waals surface area contributed by atoms with Gasteiger partial charge in [-0.15, -0.1) is 0 Å². The van der Waals surface area contributed by atoms with Gasteiger partial charge >= 0.3 is 5.97 Å². The zero-order chi connectivity index (χ0) is 38.7. The van der Waals surface area contributed by atoms with E-state index in [9.17, 15) is 15.0 Å². The predicted octanol–water partition coefficient (Wildman–Crippen LogP) is 9.67. The second kappa shape index (κ2) is 14.1. The maximum absolute atomic E-state index is 12.5. The summed E-state index contributed by atoms with van der Waals surface area (Å²) >= 11 is 0. The Hall–Kier alpha value is -5.35. The minimum absolute atomic E-state index is 0.0784. The van der Waals surface area contributed by atoms with Gasteiger partial charge in [0.25, 0.3) is 0 Å². The molecule has 10 nitrogen and oxygen atoms in total. The lowest BCUT2D eigenvalue weighted by Crippen LogP contribution is -2.08. The number of hydrogen-bond acceptors (Lipinski definition) is 7. The van der Waals surface area contributed by atoms with Crippen molar-refractivity contribution in [2.45, 2.75) is 99.2 Å². The first-order chi connectivity index (χ1) is 25.7. The Morgan fingerprint density at radius 2 is 1.57 bits per heavy atom. The number of aromatic amines is 2. The van der Waals surface area contributed by atoms with Crippen molar-refractivity contribution in [3.8, 4) is 23.0 Å². The summed E-state index contributed by atoms with van der Waals surface area (Å²) < 4.78 is 13.0. The molecule has 7 rings (SSSR count). The second-order valence-electron chi connectivity index (χ2n) is 15.1. The fraction of sp³-hybridized carbons (Fsp3) is 0.386. The summed E-state index contributed by atoms with van der Waals surface area (Å²) in [4.78, 5) is 30.3. The van der Waals surface area contributed by atoms with Crippen molar-refractivity contribution in [1.82, 2.24) is 24.5 Å². The summed E-state index contributed by atoms with van der Waals surface area (Å²) in [7, 11) is 3.02. The number of esters is 1. The number of benzene rings is 1. The lowest BCUT2D eigenvalue weighted by Gasteiger charge is -2.19. The summed E-state index contributed by atoms with van der Waals surface area (Å²) in [6.45, 7) is 17.2. The van der Waals surface area contributed by atoms with E-state index in [1.54, 1.807) is 7.05 Å². The zero-order valence-corrected chi connectivity index (χ0v) is 33.0. The molecule has 0 radical (unpaired) electrons. The van der Waals surface area contributed by atoms with Gasteiger partial charge in [0.2, 0.25) is 11.8 Å². The molecule has 8 bridgehead atoms. The molecule has 0 saturated heterocycles. The van der Waals surface area contributed by atoms with E-state index in [4.69, 9.17) is 19.4 Å². The van der Waals surface area contributed by atoms with Crippen LogP contribution in [0.15, 0.2) is 36.4 Å². The monoisotopic (exact) mass is 729 g/mol. The Labute approximate surface area is 315 Å². The van der Waals surface area contributed by atoms with Crippen LogP contribution in [0.4, 0.5) is 0 Å². The van der Waals surface area contributed by atoms with Gasteiger partial charge < -0.3 is 29.7 Å². The lowest BCUT2D eigenvalue weighted by atomic mass is 9.85. The predicted molar refractivity (Wildman–Crippen MR) is 214 cm³/mol. The molecule has 0 saturated carbocycles. The number of aryl methyl sites for hydroxylation is 6. The molecule has 4 aromatic rings. The summed E-state index contributed by atoms with van der Waals surface area (Å²) in [6, 6.07) is 12.8. The van der Waals surface area contributed by atoms with Gasteiger partial charge in [-0.1, -0.05) is 43.2 Å². The molecule has 0 amide bonds. The fourth-order valence-corrected chi connectivity index (χ4v) is 8.60. The van der Waals surface area contributed by atoms with Crippen LogP contribution in [0.25, 0.3) is 44.2 Å². The number of nitrogens with zero attached hydrogens (tertiary/aromatic N) is 3. The molecule has 3 atom stereocenters. The van der Waals surface area contributed by atoms with Gasteiger partial charge in [0.1, 0.15) is 0 Å². The van der Waals surface area contributed by atoms with Crippen LogP contribution in [0.3, 0.4) is 0 Å². The van der Waals surface area contributed by atoms with Gasteiger partial charge in [-0.3, -0.25) is 14.3 Å². The molecule has 0 aliphatic carbocycles. The topological polar surface area (TPSA) is 138 Å². The van der Waals surface area contributed by atoms with E-state index in [-0.39, 0.29) is 42.1 Å². The van der Waals surface area contributed by atoms with Crippen LogP contribution >= 0.6 is 0 Å². The number of aromatic nitrogens is 5. The summed E-state index contributed by atoms with van der Waals surface area (Å²) in [5, 5.41) is 23.6. The van der Waals surface area contributed by atoms with Crippen LogP contribution in [0.2, 0.25) is 0 Å². The van der Waals surface area contributed by atoms with Crippen molar-refractivity contribution < 1.29 is 24.5 Å². The molecule has 1 unspecified atom stereocenters. The van der Waals surface area contributed by atoms with Gasteiger partial charge in [-0.2, -0.15) is 0 Å². The van der Waals surface area contributed by atoms with Gasteiger partial charge in [0, 0.05) is 58.6 Å². The molecule has 3 aromatic heterocycles. The number of aromatic hydroxyl groups is 2. The van der Waals surface area contributed by atoms with Crippen molar-refractivity contribution in [2.24, 2.45) is 7.05 Å². The lowest BCUT2D eigenvalue weighted by molar-refractivity contribution is -0.140. The molecule has 3 aliphatic rings. The molecule has 1 aromatic carbocycles. The maximum atomic E-state index is 12.5. The van der Waals surface area contributed by atoms with E-state index >= 15 is 0 Å². The molecule has 54 heavy (non-hydrogen) atoms. The number of nitrogens with one attached hydrogen (secondary N) is 2. The standard InChI is InChI=1S/C44H51N5O5/c1-11-29-23(4)31-19-36-38(27(8)54-20-28-15-21(2)14-22(3)16-28)25(6)33(46-36)17-32-24(5)30(12-13-37(50)53-10)41(47-32)40-42-39(43(51)49(9)44(40)52)26(7)34(48-42)18-35(29)45-31/h14-19,24,27,30,45-46,51-52H,11-13,20H2,1-10H3/t24-,27?,30-/m0/s1. The number of carbonyl (C=O) groups excluding carboxylic acids is 1. The number of ether oxygens (including phenoxy) is 2. The normalized spacial score (nSPS) is 15.7. The average molecular weight is 730 g/mol. The van der Waals surface area contributed by atoms with Crippen molar-refractivity contribution >= 4 is 38.9 Å². The average Bonchev–Trinajstić information content (AvgIpc) is 3.81. The Morgan fingerprint density at radius 3 is 2.26 bits per heavy atom. The molecule has 4 N–H and O–H groups in total. The molecule has 3 aliphatic heterocycles. The number of pyridine rings is 1. The molecule has 6 heterocycles. The summed E-state index contributed by atoms with van der Waals surface area (Å²) in [6.07, 6.45) is 1.20. The number of methoxy groups -OCH3 is 1. The Balaban J connectivity index is 1.56. The third-order valence-electron chi connectivity index (χ3n) is 11.6. The minimum Gasteiger partial charge on any atom is -0.494 e.